The predicted octanol–water partition coefficient (Wildman–Crippen LogP) is -0.0834. The van der Waals surface area contributed by atoms with Crippen LogP contribution < -0.4 is 10.6 Å². The third-order valence-corrected chi connectivity index (χ3v) is 1.76. The number of alkyl halides is 1. The van der Waals surface area contributed by atoms with E-state index in [1.807, 2.05) is 5.32 Å². The van der Waals surface area contributed by atoms with Gasteiger partial charge in [0.25, 0.3) is 5.91 Å². The zero-order valence-electron chi connectivity index (χ0n) is 7.39. The summed E-state index contributed by atoms with van der Waals surface area (Å²) >= 11 is 0. The van der Waals surface area contributed by atoms with Crippen LogP contribution in [0.4, 0.5) is 9.18 Å². The molecule has 3 amide bonds. The lowest BCUT2D eigenvalue weighted by Crippen LogP contribution is -2.66. The van der Waals surface area contributed by atoms with Crippen molar-refractivity contribution in [1.82, 2.24) is 10.6 Å². The Hall–Kier alpha value is -1.17. The van der Waals surface area contributed by atoms with Crippen molar-refractivity contribution in [3.8, 4) is 0 Å². The molecule has 1 rings (SSSR count). The van der Waals surface area contributed by atoms with Crippen LogP contribution >= 0.6 is 0 Å². The number of imide groups is 1. The number of hydrogen-bond acceptors (Lipinski definition) is 3. The van der Waals surface area contributed by atoms with Crippen LogP contribution in [0.25, 0.3) is 0 Å². The Morgan fingerprint density at radius 3 is 2.77 bits per heavy atom. The van der Waals surface area contributed by atoms with Gasteiger partial charge in [-0.05, 0) is 13.8 Å². The molecule has 1 aliphatic rings. The Balaban J connectivity index is 2.78. The van der Waals surface area contributed by atoms with Crippen molar-refractivity contribution >= 4 is 11.9 Å². The summed E-state index contributed by atoms with van der Waals surface area (Å²) in [4.78, 5) is 21.7. The number of carbonyl (C=O) groups is 2. The molecule has 2 N–H and O–H groups in total. The van der Waals surface area contributed by atoms with Crippen LogP contribution in [0.15, 0.2) is 0 Å². The number of urea groups is 1. The van der Waals surface area contributed by atoms with E-state index in [0.29, 0.717) is 0 Å². The highest BCUT2D eigenvalue weighted by Crippen LogP contribution is 2.19. The number of hydrogen-bond donors (Lipinski definition) is 2. The van der Waals surface area contributed by atoms with Gasteiger partial charge in [-0.15, -0.1) is 0 Å². The zero-order valence-corrected chi connectivity index (χ0v) is 7.39. The first-order valence-corrected chi connectivity index (χ1v) is 3.91. The molecule has 13 heavy (non-hydrogen) atoms. The Labute approximate surface area is 74.6 Å². The van der Waals surface area contributed by atoms with Crippen molar-refractivity contribution in [1.29, 1.82) is 0 Å². The summed E-state index contributed by atoms with van der Waals surface area (Å²) in [6.07, 6.45) is -1.21. The number of rotatable bonds is 2. The van der Waals surface area contributed by atoms with E-state index < -0.39 is 23.8 Å². The van der Waals surface area contributed by atoms with Crippen LogP contribution in [0.3, 0.4) is 0 Å². The molecular weight excluding hydrogens is 179 g/mol. The number of halogens is 1. The van der Waals surface area contributed by atoms with Gasteiger partial charge in [0.05, 0.1) is 0 Å². The SMILES string of the molecule is CCO[C@@H]1NC(=O)NC(=O)[C@@]1(C)F. The first-order chi connectivity index (χ1) is 5.98. The van der Waals surface area contributed by atoms with Crippen LogP contribution in [0.1, 0.15) is 13.8 Å². The van der Waals surface area contributed by atoms with E-state index in [0.717, 1.165) is 6.92 Å². The smallest absolute Gasteiger partial charge is 0.323 e. The number of ether oxygens (including phenoxy) is 1. The van der Waals surface area contributed by atoms with E-state index in [1.54, 1.807) is 6.92 Å². The molecule has 0 aromatic carbocycles. The highest BCUT2D eigenvalue weighted by molar-refractivity contribution is 6.01. The molecule has 0 saturated carbocycles. The van der Waals surface area contributed by atoms with E-state index in [9.17, 15) is 14.0 Å². The molecule has 5 nitrogen and oxygen atoms in total. The van der Waals surface area contributed by atoms with Gasteiger partial charge in [0, 0.05) is 6.61 Å². The van der Waals surface area contributed by atoms with Gasteiger partial charge in [-0.1, -0.05) is 0 Å². The molecule has 1 fully saturated rings. The fourth-order valence-corrected chi connectivity index (χ4v) is 1.000. The fraction of sp³-hybridized carbons (Fsp3) is 0.714. The maximum atomic E-state index is 13.5. The van der Waals surface area contributed by atoms with Gasteiger partial charge < -0.3 is 10.1 Å². The second kappa shape index (κ2) is 3.29. The van der Waals surface area contributed by atoms with Crippen LogP contribution in [-0.2, 0) is 9.53 Å². The van der Waals surface area contributed by atoms with Crippen molar-refractivity contribution in [2.45, 2.75) is 25.7 Å². The summed E-state index contributed by atoms with van der Waals surface area (Å²) in [5.41, 5.74) is -2.22. The Morgan fingerprint density at radius 2 is 2.23 bits per heavy atom. The average molecular weight is 190 g/mol. The highest BCUT2D eigenvalue weighted by Gasteiger charge is 2.48. The summed E-state index contributed by atoms with van der Waals surface area (Å²) in [5, 5.41) is 3.98. The van der Waals surface area contributed by atoms with Gasteiger partial charge in [0.1, 0.15) is 0 Å². The normalized spacial score (nSPS) is 33.9. The van der Waals surface area contributed by atoms with Crippen molar-refractivity contribution in [3.63, 3.8) is 0 Å². The summed E-state index contributed by atoms with van der Waals surface area (Å²) in [6, 6.07) is -0.737. The molecule has 0 aromatic heterocycles. The number of carbonyl (C=O) groups excluding carboxylic acids is 2. The molecule has 74 valence electrons. The van der Waals surface area contributed by atoms with E-state index in [-0.39, 0.29) is 6.61 Å². The maximum Gasteiger partial charge on any atom is 0.323 e. The second-order valence-corrected chi connectivity index (χ2v) is 2.84. The van der Waals surface area contributed by atoms with Crippen molar-refractivity contribution in [3.05, 3.63) is 0 Å². The Kier molecular flexibility index (Phi) is 2.51. The van der Waals surface area contributed by atoms with Crippen LogP contribution in [0.5, 0.6) is 0 Å². The molecule has 0 aliphatic carbocycles. The molecule has 1 saturated heterocycles. The monoisotopic (exact) mass is 190 g/mol. The predicted molar refractivity (Wildman–Crippen MR) is 41.6 cm³/mol. The van der Waals surface area contributed by atoms with Gasteiger partial charge in [-0.25, -0.2) is 9.18 Å². The third-order valence-electron chi connectivity index (χ3n) is 1.76. The van der Waals surface area contributed by atoms with E-state index in [4.69, 9.17) is 4.74 Å². The van der Waals surface area contributed by atoms with Crippen molar-refractivity contribution in [2.75, 3.05) is 6.61 Å². The molecule has 0 bridgehead atoms. The Bertz CT molecular complexity index is 242. The minimum Gasteiger partial charge on any atom is -0.355 e. The number of amides is 3. The Morgan fingerprint density at radius 1 is 1.62 bits per heavy atom. The lowest BCUT2D eigenvalue weighted by atomic mass is 10.0. The van der Waals surface area contributed by atoms with E-state index in [2.05, 4.69) is 5.32 Å². The zero-order chi connectivity index (χ0) is 10.1. The standard InChI is InChI=1S/C7H11FN2O3/c1-3-13-5-7(2,8)4(11)9-6(12)10-5/h5H,3H2,1-2H3,(H2,9,10,11,12)/t5-,7+/m0/s1. The topological polar surface area (TPSA) is 67.4 Å². The molecule has 0 radical (unpaired) electrons. The lowest BCUT2D eigenvalue weighted by Gasteiger charge is -2.33. The van der Waals surface area contributed by atoms with Gasteiger partial charge in [-0.2, -0.15) is 0 Å². The minimum atomic E-state index is -2.22. The van der Waals surface area contributed by atoms with Crippen LogP contribution in [-0.4, -0.2) is 30.4 Å². The van der Waals surface area contributed by atoms with Crippen molar-refractivity contribution in [2.24, 2.45) is 0 Å². The molecule has 2 atom stereocenters. The largest absolute Gasteiger partial charge is 0.355 e. The molecule has 0 spiro atoms. The minimum absolute atomic E-state index is 0.220. The molecule has 1 heterocycles. The summed E-state index contributed by atoms with van der Waals surface area (Å²) < 4.78 is 18.4. The first kappa shape index (κ1) is 9.91. The molecule has 1 aliphatic heterocycles. The van der Waals surface area contributed by atoms with Crippen molar-refractivity contribution < 1.29 is 18.7 Å². The summed E-state index contributed by atoms with van der Waals surface area (Å²) in [7, 11) is 0. The van der Waals surface area contributed by atoms with Crippen LogP contribution in [0, 0.1) is 0 Å². The molecular formula is C7H11FN2O3. The van der Waals surface area contributed by atoms with Gasteiger partial charge in [-0.3, -0.25) is 10.1 Å². The average Bonchev–Trinajstić information content (AvgIpc) is 2.01. The summed E-state index contributed by atoms with van der Waals surface area (Å²) in [5.74, 6) is -0.977. The quantitative estimate of drug-likeness (QED) is 0.639. The number of nitrogens with one attached hydrogen (secondary N) is 2. The lowest BCUT2D eigenvalue weighted by molar-refractivity contribution is -0.146. The van der Waals surface area contributed by atoms with E-state index >= 15 is 0 Å². The van der Waals surface area contributed by atoms with Gasteiger partial charge >= 0.3 is 6.03 Å². The van der Waals surface area contributed by atoms with Crippen LogP contribution in [0.2, 0.25) is 0 Å². The summed E-state index contributed by atoms with van der Waals surface area (Å²) in [6.45, 7) is 2.93. The van der Waals surface area contributed by atoms with Gasteiger partial charge in [0.15, 0.2) is 6.23 Å². The van der Waals surface area contributed by atoms with E-state index in [1.165, 1.54) is 0 Å². The first-order valence-electron chi connectivity index (χ1n) is 3.91. The fourth-order valence-electron chi connectivity index (χ4n) is 1.000. The molecule has 0 unspecified atom stereocenters. The highest BCUT2D eigenvalue weighted by atomic mass is 19.1. The molecule has 0 aromatic rings. The second-order valence-electron chi connectivity index (χ2n) is 2.84. The van der Waals surface area contributed by atoms with Gasteiger partial charge in [0.2, 0.25) is 5.67 Å². The maximum absolute atomic E-state index is 13.5. The molecule has 6 heteroatoms. The third kappa shape index (κ3) is 1.77.